The van der Waals surface area contributed by atoms with Gasteiger partial charge in [-0.3, -0.25) is 14.9 Å². The molecule has 0 heterocycles. The molecule has 0 unspecified atom stereocenters. The van der Waals surface area contributed by atoms with Crippen molar-refractivity contribution < 1.29 is 27.6 Å². The molecule has 0 saturated heterocycles. The number of hydrogen-bond donors (Lipinski definition) is 2. The molecule has 28 heavy (non-hydrogen) atoms. The Balaban J connectivity index is 2.42. The maximum atomic E-state index is 12.7. The van der Waals surface area contributed by atoms with E-state index in [-0.39, 0.29) is 39.9 Å². The van der Waals surface area contributed by atoms with E-state index < -0.39 is 20.9 Å². The smallest absolute Gasteiger partial charge is 0.273 e. The molecule has 0 atom stereocenters. The summed E-state index contributed by atoms with van der Waals surface area (Å²) in [5.41, 5.74) is -0.0480. The minimum absolute atomic E-state index is 0.0260. The molecule has 0 aliphatic heterocycles. The number of nitrogens with one attached hydrogen (secondary N) is 2. The predicted octanol–water partition coefficient (Wildman–Crippen LogP) is 2.16. The Morgan fingerprint density at radius 2 is 1.79 bits per heavy atom. The van der Waals surface area contributed by atoms with Gasteiger partial charge in [0.2, 0.25) is 10.0 Å². The summed E-state index contributed by atoms with van der Waals surface area (Å²) in [4.78, 5) is 22.9. The van der Waals surface area contributed by atoms with E-state index in [1.54, 1.807) is 6.92 Å². The Morgan fingerprint density at radius 1 is 1.11 bits per heavy atom. The Hall–Kier alpha value is -3.18. The van der Waals surface area contributed by atoms with Gasteiger partial charge in [-0.2, -0.15) is 0 Å². The molecule has 0 spiro atoms. The second kappa shape index (κ2) is 8.67. The molecular weight excluding hydrogens is 390 g/mol. The second-order valence-corrected chi connectivity index (χ2v) is 7.23. The highest BCUT2D eigenvalue weighted by Gasteiger charge is 2.21. The van der Waals surface area contributed by atoms with Gasteiger partial charge < -0.3 is 14.8 Å². The third kappa shape index (κ3) is 4.56. The molecular formula is C17H19N3O7S. The molecule has 2 rings (SSSR count). The van der Waals surface area contributed by atoms with Gasteiger partial charge in [-0.15, -0.1) is 0 Å². The van der Waals surface area contributed by atoms with E-state index in [0.717, 1.165) is 0 Å². The van der Waals surface area contributed by atoms with Crippen LogP contribution >= 0.6 is 0 Å². The predicted molar refractivity (Wildman–Crippen MR) is 101 cm³/mol. The Bertz CT molecular complexity index is 1010. The van der Waals surface area contributed by atoms with Gasteiger partial charge >= 0.3 is 0 Å². The maximum Gasteiger partial charge on any atom is 0.273 e. The third-order valence-corrected chi connectivity index (χ3v) is 5.25. The molecule has 2 aromatic carbocycles. The monoisotopic (exact) mass is 409 g/mol. The summed E-state index contributed by atoms with van der Waals surface area (Å²) in [6.07, 6.45) is 0. The van der Waals surface area contributed by atoms with Crippen molar-refractivity contribution in [3.63, 3.8) is 0 Å². The van der Waals surface area contributed by atoms with E-state index in [9.17, 15) is 23.3 Å². The minimum Gasteiger partial charge on any atom is -0.496 e. The van der Waals surface area contributed by atoms with Gasteiger partial charge in [0.25, 0.3) is 11.6 Å². The van der Waals surface area contributed by atoms with Crippen molar-refractivity contribution >= 4 is 27.3 Å². The highest BCUT2D eigenvalue weighted by Crippen LogP contribution is 2.30. The molecule has 0 bridgehead atoms. The second-order valence-electron chi connectivity index (χ2n) is 5.46. The highest BCUT2D eigenvalue weighted by atomic mass is 32.2. The molecule has 0 aliphatic carbocycles. The number of carbonyl (C=O) groups excluding carboxylic acids is 1. The van der Waals surface area contributed by atoms with Crippen LogP contribution in [-0.2, 0) is 10.0 Å². The van der Waals surface area contributed by atoms with Gasteiger partial charge in [-0.1, -0.05) is 6.92 Å². The first-order valence-electron chi connectivity index (χ1n) is 8.05. The summed E-state index contributed by atoms with van der Waals surface area (Å²) < 4.78 is 37.0. The number of carbonyl (C=O) groups is 1. The van der Waals surface area contributed by atoms with Crippen molar-refractivity contribution in [3.8, 4) is 11.5 Å². The summed E-state index contributed by atoms with van der Waals surface area (Å²) in [5.74, 6) is -0.427. The van der Waals surface area contributed by atoms with Crippen LogP contribution in [0.2, 0.25) is 0 Å². The number of rotatable bonds is 8. The standard InChI is InChI=1S/C17H19N3O7S/c1-4-18-28(24,25)12-6-8-15(26-2)13(10-12)17(21)19-14-7-5-11(20(22)23)9-16(14)27-3/h5-10,18H,4H2,1-3H3,(H,19,21). The molecule has 2 aromatic rings. The van der Waals surface area contributed by atoms with Gasteiger partial charge in [0.05, 0.1) is 41.4 Å². The first-order valence-corrected chi connectivity index (χ1v) is 9.53. The lowest BCUT2D eigenvalue weighted by atomic mass is 10.1. The number of benzene rings is 2. The molecule has 0 aliphatic rings. The zero-order chi connectivity index (χ0) is 20.9. The zero-order valence-electron chi connectivity index (χ0n) is 15.4. The van der Waals surface area contributed by atoms with Crippen molar-refractivity contribution in [2.75, 3.05) is 26.1 Å². The molecule has 2 N–H and O–H groups in total. The number of amides is 1. The molecule has 0 fully saturated rings. The summed E-state index contributed by atoms with van der Waals surface area (Å²) in [6, 6.07) is 7.57. The number of nitro groups is 1. The van der Waals surface area contributed by atoms with Crippen LogP contribution in [0.1, 0.15) is 17.3 Å². The molecule has 10 nitrogen and oxygen atoms in total. The lowest BCUT2D eigenvalue weighted by Crippen LogP contribution is -2.24. The van der Waals surface area contributed by atoms with Gasteiger partial charge in [0, 0.05) is 12.6 Å². The van der Waals surface area contributed by atoms with Crippen LogP contribution in [0.3, 0.4) is 0 Å². The van der Waals surface area contributed by atoms with Gasteiger partial charge in [-0.05, 0) is 24.3 Å². The highest BCUT2D eigenvalue weighted by molar-refractivity contribution is 7.89. The van der Waals surface area contributed by atoms with Crippen molar-refractivity contribution in [2.24, 2.45) is 0 Å². The average molecular weight is 409 g/mol. The average Bonchev–Trinajstić information content (AvgIpc) is 2.67. The van der Waals surface area contributed by atoms with Crippen LogP contribution in [0, 0.1) is 10.1 Å². The van der Waals surface area contributed by atoms with Gasteiger partial charge in [0.15, 0.2) is 0 Å². The van der Waals surface area contributed by atoms with Crippen LogP contribution in [0.4, 0.5) is 11.4 Å². The fourth-order valence-corrected chi connectivity index (χ4v) is 3.46. The van der Waals surface area contributed by atoms with Crippen LogP contribution in [-0.4, -0.2) is 40.0 Å². The van der Waals surface area contributed by atoms with Gasteiger partial charge in [-0.25, -0.2) is 13.1 Å². The van der Waals surface area contributed by atoms with Crippen LogP contribution in [0.15, 0.2) is 41.3 Å². The summed E-state index contributed by atoms with van der Waals surface area (Å²) in [6.45, 7) is 1.82. The summed E-state index contributed by atoms with van der Waals surface area (Å²) in [7, 11) is -1.13. The SMILES string of the molecule is CCNS(=O)(=O)c1ccc(OC)c(C(=O)Nc2ccc([N+](=O)[O-])cc2OC)c1. The minimum atomic E-state index is -3.78. The topological polar surface area (TPSA) is 137 Å². The van der Waals surface area contributed by atoms with Crippen LogP contribution in [0.25, 0.3) is 0 Å². The van der Waals surface area contributed by atoms with Crippen molar-refractivity contribution in [1.29, 1.82) is 0 Å². The molecule has 0 saturated carbocycles. The molecule has 11 heteroatoms. The van der Waals surface area contributed by atoms with E-state index >= 15 is 0 Å². The number of non-ortho nitro benzene ring substituents is 1. The number of sulfonamides is 1. The number of methoxy groups -OCH3 is 2. The quantitative estimate of drug-likeness (QED) is 0.503. The van der Waals surface area contributed by atoms with Crippen LogP contribution < -0.4 is 19.5 Å². The van der Waals surface area contributed by atoms with Gasteiger partial charge in [0.1, 0.15) is 11.5 Å². The first-order chi connectivity index (χ1) is 13.2. The molecule has 1 amide bonds. The zero-order valence-corrected chi connectivity index (χ0v) is 16.2. The Morgan fingerprint density at radius 3 is 2.36 bits per heavy atom. The number of ether oxygens (including phenoxy) is 2. The number of nitrogens with zero attached hydrogens (tertiary/aromatic N) is 1. The van der Waals surface area contributed by atoms with Crippen LogP contribution in [0.5, 0.6) is 11.5 Å². The van der Waals surface area contributed by atoms with E-state index in [0.29, 0.717) is 0 Å². The first kappa shape index (κ1) is 21.1. The van der Waals surface area contributed by atoms with E-state index in [1.807, 2.05) is 0 Å². The maximum absolute atomic E-state index is 12.7. The number of hydrogen-bond acceptors (Lipinski definition) is 7. The van der Waals surface area contributed by atoms with E-state index in [2.05, 4.69) is 10.0 Å². The molecule has 150 valence electrons. The fourth-order valence-electron chi connectivity index (χ4n) is 2.39. The summed E-state index contributed by atoms with van der Waals surface area (Å²) >= 11 is 0. The van der Waals surface area contributed by atoms with E-state index in [4.69, 9.17) is 9.47 Å². The largest absolute Gasteiger partial charge is 0.496 e. The Labute approximate surface area is 161 Å². The van der Waals surface area contributed by atoms with Crippen molar-refractivity contribution in [1.82, 2.24) is 4.72 Å². The third-order valence-electron chi connectivity index (χ3n) is 3.70. The van der Waals surface area contributed by atoms with E-state index in [1.165, 1.54) is 50.6 Å². The Kier molecular flexibility index (Phi) is 6.54. The van der Waals surface area contributed by atoms with Crippen molar-refractivity contribution in [2.45, 2.75) is 11.8 Å². The molecule has 0 aromatic heterocycles. The molecule has 0 radical (unpaired) electrons. The number of anilines is 1. The normalized spacial score (nSPS) is 11.0. The lowest BCUT2D eigenvalue weighted by molar-refractivity contribution is -0.384. The fraction of sp³-hybridized carbons (Fsp3) is 0.235. The lowest BCUT2D eigenvalue weighted by Gasteiger charge is -2.13. The number of nitro benzene ring substituents is 1. The van der Waals surface area contributed by atoms with Crippen molar-refractivity contribution in [3.05, 3.63) is 52.1 Å². The summed E-state index contributed by atoms with van der Waals surface area (Å²) in [5, 5.41) is 13.4.